The monoisotopic (exact) mass is 231 g/mol. The third-order valence-corrected chi connectivity index (χ3v) is 2.91. The molecule has 0 bridgehead atoms. The van der Waals surface area contributed by atoms with Crippen LogP contribution in [0.4, 0.5) is 0 Å². The number of aromatic nitrogens is 1. The average molecular weight is 231 g/mol. The number of H-pyrrole nitrogens is 1. The molecule has 0 radical (unpaired) electrons. The van der Waals surface area contributed by atoms with Crippen LogP contribution in [0.15, 0.2) is 24.3 Å². The zero-order valence-electron chi connectivity index (χ0n) is 9.92. The fraction of sp³-hybridized carbons (Fsp3) is 0.308. The summed E-state index contributed by atoms with van der Waals surface area (Å²) in [6, 6.07) is 7.90. The van der Waals surface area contributed by atoms with Gasteiger partial charge < -0.3 is 16.0 Å². The molecule has 0 saturated heterocycles. The fourth-order valence-electron chi connectivity index (χ4n) is 2.11. The van der Waals surface area contributed by atoms with Gasteiger partial charge >= 0.3 is 0 Å². The Labute approximate surface area is 100 Å². The van der Waals surface area contributed by atoms with Crippen LogP contribution in [0.1, 0.15) is 22.5 Å². The van der Waals surface area contributed by atoms with Crippen LogP contribution in [0.2, 0.25) is 0 Å². The predicted octanol–water partition coefficient (Wildman–Crippen LogP) is 1.42. The third kappa shape index (κ3) is 2.31. The topological polar surface area (TPSA) is 70.9 Å². The molecular weight excluding hydrogens is 214 g/mol. The Morgan fingerprint density at radius 2 is 2.18 bits per heavy atom. The number of aryl methyl sites for hydroxylation is 1. The van der Waals surface area contributed by atoms with Crippen molar-refractivity contribution in [3.63, 3.8) is 0 Å². The van der Waals surface area contributed by atoms with Gasteiger partial charge in [0.1, 0.15) is 5.69 Å². The highest BCUT2D eigenvalue weighted by Crippen LogP contribution is 2.23. The Balaban J connectivity index is 2.41. The highest BCUT2D eigenvalue weighted by atomic mass is 16.1. The van der Waals surface area contributed by atoms with Crippen molar-refractivity contribution in [3.8, 4) is 0 Å². The van der Waals surface area contributed by atoms with Gasteiger partial charge in [0.25, 0.3) is 5.91 Å². The summed E-state index contributed by atoms with van der Waals surface area (Å²) in [7, 11) is 1.92. The molecule has 90 valence electrons. The molecule has 0 fully saturated rings. The minimum absolute atomic E-state index is 0.388. The highest BCUT2D eigenvalue weighted by Gasteiger charge is 2.14. The molecule has 1 aromatic heterocycles. The number of nitrogens with one attached hydrogen (secondary N) is 2. The van der Waals surface area contributed by atoms with Gasteiger partial charge in [-0.1, -0.05) is 18.2 Å². The number of benzene rings is 1. The van der Waals surface area contributed by atoms with Crippen LogP contribution < -0.4 is 11.1 Å². The van der Waals surface area contributed by atoms with Crippen molar-refractivity contribution in [2.24, 2.45) is 5.73 Å². The molecule has 0 aliphatic rings. The molecule has 4 nitrogen and oxygen atoms in total. The zero-order chi connectivity index (χ0) is 12.3. The molecule has 2 aromatic rings. The van der Waals surface area contributed by atoms with Gasteiger partial charge in [0, 0.05) is 10.9 Å². The van der Waals surface area contributed by atoms with E-state index in [1.54, 1.807) is 0 Å². The molecule has 0 atom stereocenters. The average Bonchev–Trinajstić information content (AvgIpc) is 2.69. The lowest BCUT2D eigenvalue weighted by atomic mass is 10.1. The first-order valence-electron chi connectivity index (χ1n) is 5.78. The minimum atomic E-state index is -0.388. The number of hydrogen-bond donors (Lipinski definition) is 3. The summed E-state index contributed by atoms with van der Waals surface area (Å²) in [4.78, 5) is 14.5. The van der Waals surface area contributed by atoms with Crippen LogP contribution in [-0.4, -0.2) is 24.5 Å². The standard InChI is InChI=1S/C13H17N3O/c1-15-8-4-6-10-9-5-2-3-7-11(9)16-12(10)13(14)17/h2-3,5,7,15-16H,4,6,8H2,1H3,(H2,14,17). The zero-order valence-corrected chi connectivity index (χ0v) is 9.92. The predicted molar refractivity (Wildman–Crippen MR) is 69.1 cm³/mol. The lowest BCUT2D eigenvalue weighted by Gasteiger charge is -2.02. The van der Waals surface area contributed by atoms with E-state index >= 15 is 0 Å². The van der Waals surface area contributed by atoms with Crippen molar-refractivity contribution >= 4 is 16.8 Å². The number of amides is 1. The van der Waals surface area contributed by atoms with Gasteiger partial charge in [-0.3, -0.25) is 4.79 Å². The molecule has 0 unspecified atom stereocenters. The van der Waals surface area contributed by atoms with Gasteiger partial charge in [-0.15, -0.1) is 0 Å². The van der Waals surface area contributed by atoms with Crippen LogP contribution in [0.3, 0.4) is 0 Å². The number of nitrogens with two attached hydrogens (primary N) is 1. The van der Waals surface area contributed by atoms with Crippen LogP contribution >= 0.6 is 0 Å². The number of aromatic amines is 1. The van der Waals surface area contributed by atoms with Crippen molar-refractivity contribution in [1.82, 2.24) is 10.3 Å². The lowest BCUT2D eigenvalue weighted by molar-refractivity contribution is 0.0995. The molecule has 0 aliphatic carbocycles. The molecular formula is C13H17N3O. The summed E-state index contributed by atoms with van der Waals surface area (Å²) in [6.07, 6.45) is 1.84. The number of para-hydroxylation sites is 1. The number of primary amides is 1. The SMILES string of the molecule is CNCCCc1c(C(N)=O)[nH]c2ccccc12. The van der Waals surface area contributed by atoms with Crippen LogP contribution in [0, 0.1) is 0 Å². The minimum Gasteiger partial charge on any atom is -0.364 e. The maximum absolute atomic E-state index is 11.4. The molecule has 4 heteroatoms. The summed E-state index contributed by atoms with van der Waals surface area (Å²) >= 11 is 0. The molecule has 2 rings (SSSR count). The second kappa shape index (κ2) is 5.01. The molecule has 17 heavy (non-hydrogen) atoms. The van der Waals surface area contributed by atoms with E-state index in [1.165, 1.54) is 0 Å². The number of rotatable bonds is 5. The van der Waals surface area contributed by atoms with E-state index in [9.17, 15) is 4.79 Å². The van der Waals surface area contributed by atoms with Crippen molar-refractivity contribution < 1.29 is 4.79 Å². The van der Waals surface area contributed by atoms with Gasteiger partial charge in [-0.25, -0.2) is 0 Å². The number of carbonyl (C=O) groups excluding carboxylic acids is 1. The quantitative estimate of drug-likeness (QED) is 0.681. The first-order valence-corrected chi connectivity index (χ1v) is 5.78. The molecule has 1 aromatic carbocycles. The van der Waals surface area contributed by atoms with E-state index in [0.29, 0.717) is 5.69 Å². The molecule has 0 aliphatic heterocycles. The Kier molecular flexibility index (Phi) is 3.44. The Morgan fingerprint density at radius 3 is 2.88 bits per heavy atom. The Hall–Kier alpha value is -1.81. The van der Waals surface area contributed by atoms with Gasteiger partial charge in [-0.2, -0.15) is 0 Å². The number of carbonyl (C=O) groups is 1. The van der Waals surface area contributed by atoms with Crippen molar-refractivity contribution in [3.05, 3.63) is 35.5 Å². The maximum Gasteiger partial charge on any atom is 0.265 e. The smallest absolute Gasteiger partial charge is 0.265 e. The van der Waals surface area contributed by atoms with E-state index in [0.717, 1.165) is 35.9 Å². The molecule has 1 amide bonds. The van der Waals surface area contributed by atoms with Crippen LogP contribution in [0.25, 0.3) is 10.9 Å². The largest absolute Gasteiger partial charge is 0.364 e. The van der Waals surface area contributed by atoms with Gasteiger partial charge in [0.05, 0.1) is 0 Å². The number of fused-ring (bicyclic) bond motifs is 1. The van der Waals surface area contributed by atoms with E-state index < -0.39 is 0 Å². The molecule has 0 saturated carbocycles. The van der Waals surface area contributed by atoms with E-state index in [1.807, 2.05) is 31.3 Å². The second-order valence-corrected chi connectivity index (χ2v) is 4.10. The maximum atomic E-state index is 11.4. The fourth-order valence-corrected chi connectivity index (χ4v) is 2.11. The first kappa shape index (κ1) is 11.7. The molecule has 4 N–H and O–H groups in total. The normalized spacial score (nSPS) is 10.9. The Morgan fingerprint density at radius 1 is 1.41 bits per heavy atom. The second-order valence-electron chi connectivity index (χ2n) is 4.10. The Bertz CT molecular complexity index is 530. The van der Waals surface area contributed by atoms with Crippen molar-refractivity contribution in [2.45, 2.75) is 12.8 Å². The van der Waals surface area contributed by atoms with E-state index in [2.05, 4.69) is 10.3 Å². The lowest BCUT2D eigenvalue weighted by Crippen LogP contribution is -2.15. The van der Waals surface area contributed by atoms with Crippen molar-refractivity contribution in [1.29, 1.82) is 0 Å². The summed E-state index contributed by atoms with van der Waals surface area (Å²) in [5, 5.41) is 4.20. The van der Waals surface area contributed by atoms with Crippen LogP contribution in [0.5, 0.6) is 0 Å². The first-order chi connectivity index (χ1) is 8.24. The summed E-state index contributed by atoms with van der Waals surface area (Å²) in [5.41, 5.74) is 7.94. The van der Waals surface area contributed by atoms with Gasteiger partial charge in [0.15, 0.2) is 0 Å². The highest BCUT2D eigenvalue weighted by molar-refractivity contribution is 6.00. The van der Waals surface area contributed by atoms with E-state index in [-0.39, 0.29) is 5.91 Å². The van der Waals surface area contributed by atoms with Gasteiger partial charge in [-0.05, 0) is 38.1 Å². The van der Waals surface area contributed by atoms with Gasteiger partial charge in [0.2, 0.25) is 0 Å². The third-order valence-electron chi connectivity index (χ3n) is 2.91. The number of hydrogen-bond acceptors (Lipinski definition) is 2. The van der Waals surface area contributed by atoms with Crippen LogP contribution in [-0.2, 0) is 6.42 Å². The molecule has 1 heterocycles. The summed E-state index contributed by atoms with van der Waals surface area (Å²) in [5.74, 6) is -0.388. The molecule has 0 spiro atoms. The summed E-state index contributed by atoms with van der Waals surface area (Å²) in [6.45, 7) is 0.928. The van der Waals surface area contributed by atoms with E-state index in [4.69, 9.17) is 5.73 Å². The van der Waals surface area contributed by atoms with Crippen molar-refractivity contribution in [2.75, 3.05) is 13.6 Å². The summed E-state index contributed by atoms with van der Waals surface area (Å²) < 4.78 is 0.